The summed E-state index contributed by atoms with van der Waals surface area (Å²) in [5, 5.41) is 3.99. The van der Waals surface area contributed by atoms with Crippen molar-refractivity contribution in [1.82, 2.24) is 9.88 Å². The molecular formula is C21H24N4O3S. The van der Waals surface area contributed by atoms with Gasteiger partial charge in [0.25, 0.3) is 5.91 Å². The van der Waals surface area contributed by atoms with Gasteiger partial charge in [-0.1, -0.05) is 11.3 Å². The second-order valence-electron chi connectivity index (χ2n) is 7.02. The lowest BCUT2D eigenvalue weighted by molar-refractivity contribution is 0.102. The first-order valence-electron chi connectivity index (χ1n) is 9.44. The standard InChI is InChI=1S/C21H24N4O3S/c1-24-6-8-25(9-7-24)21-23-18-5-4-15(12-19(18)29-21)22-20(26)14-10-16(27-2)13-17(11-14)28-3/h4-5,10-13H,6-9H2,1-3H3,(H,22,26). The van der Waals surface area contributed by atoms with Crippen LogP contribution in [0.25, 0.3) is 10.2 Å². The van der Waals surface area contributed by atoms with Crippen LogP contribution in [-0.4, -0.2) is 63.2 Å². The summed E-state index contributed by atoms with van der Waals surface area (Å²) in [6, 6.07) is 10.9. The molecule has 2 aromatic carbocycles. The highest BCUT2D eigenvalue weighted by Gasteiger charge is 2.18. The molecule has 0 atom stereocenters. The maximum absolute atomic E-state index is 12.7. The lowest BCUT2D eigenvalue weighted by atomic mass is 10.1. The first-order chi connectivity index (χ1) is 14.1. The van der Waals surface area contributed by atoms with Crippen molar-refractivity contribution in [2.45, 2.75) is 0 Å². The number of fused-ring (bicyclic) bond motifs is 1. The Morgan fingerprint density at radius 3 is 2.38 bits per heavy atom. The average molecular weight is 413 g/mol. The number of methoxy groups -OCH3 is 2. The van der Waals surface area contributed by atoms with Crippen LogP contribution in [-0.2, 0) is 0 Å². The van der Waals surface area contributed by atoms with Crippen LogP contribution in [0.4, 0.5) is 10.8 Å². The number of rotatable bonds is 5. The van der Waals surface area contributed by atoms with E-state index in [1.54, 1.807) is 43.8 Å². The number of thiazole rings is 1. The number of carbonyl (C=O) groups is 1. The van der Waals surface area contributed by atoms with Gasteiger partial charge in [0.05, 0.1) is 24.4 Å². The van der Waals surface area contributed by atoms with Gasteiger partial charge in [0, 0.05) is 43.5 Å². The molecule has 0 bridgehead atoms. The van der Waals surface area contributed by atoms with Gasteiger partial charge in [0.15, 0.2) is 5.13 Å². The first-order valence-corrected chi connectivity index (χ1v) is 10.3. The van der Waals surface area contributed by atoms with E-state index in [0.717, 1.165) is 47.2 Å². The van der Waals surface area contributed by atoms with E-state index in [1.807, 2.05) is 18.2 Å². The average Bonchev–Trinajstić information content (AvgIpc) is 3.17. The first kappa shape index (κ1) is 19.5. The minimum atomic E-state index is -0.217. The summed E-state index contributed by atoms with van der Waals surface area (Å²) in [5.41, 5.74) is 2.16. The molecule has 1 aromatic heterocycles. The Morgan fingerprint density at radius 2 is 1.72 bits per heavy atom. The maximum atomic E-state index is 12.7. The summed E-state index contributed by atoms with van der Waals surface area (Å²) in [6.45, 7) is 4.05. The second-order valence-corrected chi connectivity index (χ2v) is 8.03. The van der Waals surface area contributed by atoms with Crippen LogP contribution >= 0.6 is 11.3 Å². The lowest BCUT2D eigenvalue weighted by Crippen LogP contribution is -2.44. The Hall–Kier alpha value is -2.84. The number of carbonyl (C=O) groups excluding carboxylic acids is 1. The number of aromatic nitrogens is 1. The van der Waals surface area contributed by atoms with Gasteiger partial charge in [-0.15, -0.1) is 0 Å². The number of anilines is 2. The largest absolute Gasteiger partial charge is 0.497 e. The number of piperazine rings is 1. The Balaban J connectivity index is 1.53. The smallest absolute Gasteiger partial charge is 0.255 e. The number of hydrogen-bond donors (Lipinski definition) is 1. The zero-order chi connectivity index (χ0) is 20.4. The van der Waals surface area contributed by atoms with Crippen LogP contribution in [0.2, 0.25) is 0 Å². The number of benzene rings is 2. The molecule has 152 valence electrons. The fraction of sp³-hybridized carbons (Fsp3) is 0.333. The number of amides is 1. The number of hydrogen-bond acceptors (Lipinski definition) is 7. The van der Waals surface area contributed by atoms with Crippen molar-refractivity contribution in [2.24, 2.45) is 0 Å². The third-order valence-corrected chi connectivity index (χ3v) is 6.10. The Kier molecular flexibility index (Phi) is 5.55. The Morgan fingerprint density at radius 1 is 1.03 bits per heavy atom. The van der Waals surface area contributed by atoms with Crippen molar-refractivity contribution in [1.29, 1.82) is 0 Å². The van der Waals surface area contributed by atoms with Gasteiger partial charge in [-0.3, -0.25) is 4.79 Å². The molecule has 1 saturated heterocycles. The molecule has 2 heterocycles. The van der Waals surface area contributed by atoms with Gasteiger partial charge >= 0.3 is 0 Å². The van der Waals surface area contributed by atoms with E-state index in [9.17, 15) is 4.79 Å². The molecule has 8 heteroatoms. The summed E-state index contributed by atoms with van der Waals surface area (Å²) < 4.78 is 11.6. The second kappa shape index (κ2) is 8.26. The molecule has 29 heavy (non-hydrogen) atoms. The summed E-state index contributed by atoms with van der Waals surface area (Å²) in [7, 11) is 5.26. The molecule has 4 rings (SSSR count). The lowest BCUT2D eigenvalue weighted by Gasteiger charge is -2.31. The SMILES string of the molecule is COc1cc(OC)cc(C(=O)Nc2ccc3nc(N4CCN(C)CC4)sc3c2)c1. The van der Waals surface area contributed by atoms with Gasteiger partial charge < -0.3 is 24.6 Å². The van der Waals surface area contributed by atoms with E-state index in [1.165, 1.54) is 0 Å². The van der Waals surface area contributed by atoms with Gasteiger partial charge in [-0.25, -0.2) is 4.98 Å². The quantitative estimate of drug-likeness (QED) is 0.694. The molecule has 0 radical (unpaired) electrons. The van der Waals surface area contributed by atoms with E-state index >= 15 is 0 Å². The highest BCUT2D eigenvalue weighted by molar-refractivity contribution is 7.22. The molecule has 1 N–H and O–H groups in total. The number of likely N-dealkylation sites (N-methyl/N-ethyl adjacent to an activating group) is 1. The van der Waals surface area contributed by atoms with Crippen molar-refractivity contribution < 1.29 is 14.3 Å². The number of nitrogens with zero attached hydrogens (tertiary/aromatic N) is 3. The normalized spacial score (nSPS) is 14.8. The van der Waals surface area contributed by atoms with Crippen LogP contribution in [0.1, 0.15) is 10.4 Å². The minimum Gasteiger partial charge on any atom is -0.497 e. The molecule has 0 aliphatic carbocycles. The van der Waals surface area contributed by atoms with E-state index in [-0.39, 0.29) is 5.91 Å². The van der Waals surface area contributed by atoms with Gasteiger partial charge in [0.2, 0.25) is 0 Å². The number of nitrogens with one attached hydrogen (secondary N) is 1. The molecule has 3 aromatic rings. The predicted octanol–water partition coefficient (Wildman–Crippen LogP) is 3.32. The maximum Gasteiger partial charge on any atom is 0.255 e. The fourth-order valence-corrected chi connectivity index (χ4v) is 4.32. The summed E-state index contributed by atoms with van der Waals surface area (Å²) >= 11 is 1.66. The zero-order valence-electron chi connectivity index (χ0n) is 16.8. The Bertz CT molecular complexity index is 1010. The topological polar surface area (TPSA) is 66.9 Å². The van der Waals surface area contributed by atoms with Crippen molar-refractivity contribution in [3.8, 4) is 11.5 Å². The van der Waals surface area contributed by atoms with E-state index in [2.05, 4.69) is 22.2 Å². The third-order valence-electron chi connectivity index (χ3n) is 5.02. The van der Waals surface area contributed by atoms with Crippen LogP contribution < -0.4 is 19.7 Å². The molecule has 0 spiro atoms. The van der Waals surface area contributed by atoms with E-state index < -0.39 is 0 Å². The van der Waals surface area contributed by atoms with Crippen LogP contribution in [0, 0.1) is 0 Å². The molecule has 0 unspecified atom stereocenters. The molecule has 1 aliphatic heterocycles. The zero-order valence-corrected chi connectivity index (χ0v) is 17.6. The molecule has 0 saturated carbocycles. The van der Waals surface area contributed by atoms with Crippen LogP contribution in [0.5, 0.6) is 11.5 Å². The van der Waals surface area contributed by atoms with Crippen molar-refractivity contribution in [3.63, 3.8) is 0 Å². The highest BCUT2D eigenvalue weighted by atomic mass is 32.1. The minimum absolute atomic E-state index is 0.217. The summed E-state index contributed by atoms with van der Waals surface area (Å²) in [5.74, 6) is 0.929. The van der Waals surface area contributed by atoms with Crippen molar-refractivity contribution in [2.75, 3.05) is 57.7 Å². The highest BCUT2D eigenvalue weighted by Crippen LogP contribution is 2.31. The van der Waals surface area contributed by atoms with Crippen LogP contribution in [0.3, 0.4) is 0 Å². The summed E-state index contributed by atoms with van der Waals surface area (Å²) in [4.78, 5) is 22.1. The molecule has 7 nitrogen and oxygen atoms in total. The predicted molar refractivity (Wildman–Crippen MR) is 117 cm³/mol. The van der Waals surface area contributed by atoms with Crippen LogP contribution in [0.15, 0.2) is 36.4 Å². The van der Waals surface area contributed by atoms with Crippen molar-refractivity contribution >= 4 is 38.3 Å². The molecule has 1 fully saturated rings. The molecule has 1 aliphatic rings. The molecule has 1 amide bonds. The summed E-state index contributed by atoms with van der Waals surface area (Å²) in [6.07, 6.45) is 0. The van der Waals surface area contributed by atoms with Gasteiger partial charge in [0.1, 0.15) is 11.5 Å². The van der Waals surface area contributed by atoms with Crippen molar-refractivity contribution in [3.05, 3.63) is 42.0 Å². The Labute approximate surface area is 173 Å². The van der Waals surface area contributed by atoms with E-state index in [4.69, 9.17) is 14.5 Å². The third kappa shape index (κ3) is 4.28. The van der Waals surface area contributed by atoms with E-state index in [0.29, 0.717) is 17.1 Å². The van der Waals surface area contributed by atoms with Gasteiger partial charge in [-0.2, -0.15) is 0 Å². The number of ether oxygens (including phenoxy) is 2. The monoisotopic (exact) mass is 412 g/mol. The fourth-order valence-electron chi connectivity index (χ4n) is 3.27. The molecular weight excluding hydrogens is 388 g/mol. The van der Waals surface area contributed by atoms with Gasteiger partial charge in [-0.05, 0) is 37.4 Å².